The predicted octanol–water partition coefficient (Wildman–Crippen LogP) is 1.40. The first-order valence-corrected chi connectivity index (χ1v) is 5.38. The van der Waals surface area contributed by atoms with E-state index in [2.05, 4.69) is 0 Å². The maximum Gasteiger partial charge on any atom is 0.471 e. The molecule has 0 aromatic rings. The van der Waals surface area contributed by atoms with E-state index < -0.39 is 29.5 Å². The van der Waals surface area contributed by atoms with E-state index in [1.54, 1.807) is 0 Å². The van der Waals surface area contributed by atoms with E-state index in [0.717, 1.165) is 4.90 Å². The summed E-state index contributed by atoms with van der Waals surface area (Å²) in [7, 11) is 0. The molecule has 4 nitrogen and oxygen atoms in total. The van der Waals surface area contributed by atoms with Gasteiger partial charge in [0.25, 0.3) is 0 Å². The Balaban J connectivity index is 2.10. The summed E-state index contributed by atoms with van der Waals surface area (Å²) in [5, 5.41) is 8.74. The van der Waals surface area contributed by atoms with Crippen molar-refractivity contribution in [2.75, 3.05) is 6.54 Å². The van der Waals surface area contributed by atoms with Crippen molar-refractivity contribution in [3.63, 3.8) is 0 Å². The molecule has 0 atom stereocenters. The molecular weight excluding hydrogens is 239 g/mol. The van der Waals surface area contributed by atoms with Gasteiger partial charge in [0.05, 0.1) is 5.92 Å². The number of halogens is 3. The number of carboxylic acid groups (broad SMARTS) is 1. The standard InChI is InChI=1S/C10H12F3NO3/c11-10(12,13)8(17)14-3-1-2-9(14)4-6(5-9)7(15)16/h6H,1-5H2,(H,15,16). The van der Waals surface area contributed by atoms with E-state index in [0.29, 0.717) is 12.8 Å². The number of carboxylic acids is 1. The van der Waals surface area contributed by atoms with Crippen LogP contribution in [0.5, 0.6) is 0 Å². The monoisotopic (exact) mass is 251 g/mol. The van der Waals surface area contributed by atoms with Crippen molar-refractivity contribution in [1.82, 2.24) is 4.90 Å². The van der Waals surface area contributed by atoms with E-state index in [1.807, 2.05) is 0 Å². The third-order valence-electron chi connectivity index (χ3n) is 3.69. The smallest absolute Gasteiger partial charge is 0.471 e. The maximum absolute atomic E-state index is 12.4. The van der Waals surface area contributed by atoms with Crippen LogP contribution in [-0.2, 0) is 9.59 Å². The molecule has 1 spiro atoms. The van der Waals surface area contributed by atoms with Gasteiger partial charge in [-0.05, 0) is 25.7 Å². The van der Waals surface area contributed by atoms with Gasteiger partial charge < -0.3 is 10.0 Å². The molecule has 1 saturated heterocycles. The highest BCUT2D eigenvalue weighted by atomic mass is 19.4. The molecule has 1 aliphatic carbocycles. The Kier molecular flexibility index (Phi) is 2.59. The van der Waals surface area contributed by atoms with Gasteiger partial charge in [0.1, 0.15) is 0 Å². The Hall–Kier alpha value is -1.27. The van der Waals surface area contributed by atoms with Crippen LogP contribution in [0.1, 0.15) is 25.7 Å². The molecule has 0 aromatic carbocycles. The molecule has 0 aromatic heterocycles. The zero-order valence-electron chi connectivity index (χ0n) is 8.96. The van der Waals surface area contributed by atoms with Crippen molar-refractivity contribution in [1.29, 1.82) is 0 Å². The number of nitrogens with zero attached hydrogens (tertiary/aromatic N) is 1. The quantitative estimate of drug-likeness (QED) is 0.766. The number of aliphatic carboxylic acids is 1. The second-order valence-corrected chi connectivity index (χ2v) is 4.73. The van der Waals surface area contributed by atoms with Crippen LogP contribution in [0.4, 0.5) is 13.2 Å². The Labute approximate surface area is 95.4 Å². The SMILES string of the molecule is O=C(O)C1CC2(CCCN2C(=O)C(F)(F)F)C1. The first-order valence-electron chi connectivity index (χ1n) is 5.38. The van der Waals surface area contributed by atoms with Crippen molar-refractivity contribution in [3.05, 3.63) is 0 Å². The molecule has 7 heteroatoms. The third-order valence-corrected chi connectivity index (χ3v) is 3.69. The molecule has 1 heterocycles. The third kappa shape index (κ3) is 1.87. The Morgan fingerprint density at radius 1 is 1.29 bits per heavy atom. The molecule has 0 unspecified atom stereocenters. The molecule has 1 N–H and O–H groups in total. The van der Waals surface area contributed by atoms with Crippen LogP contribution in [0.2, 0.25) is 0 Å². The molecule has 2 aliphatic rings. The van der Waals surface area contributed by atoms with E-state index >= 15 is 0 Å². The topological polar surface area (TPSA) is 57.6 Å². The van der Waals surface area contributed by atoms with Crippen LogP contribution in [0.15, 0.2) is 0 Å². The number of rotatable bonds is 1. The summed E-state index contributed by atoms with van der Waals surface area (Å²) in [5.41, 5.74) is -0.852. The van der Waals surface area contributed by atoms with Crippen molar-refractivity contribution in [2.24, 2.45) is 5.92 Å². The second kappa shape index (κ2) is 3.61. The number of hydrogen-bond acceptors (Lipinski definition) is 2. The lowest BCUT2D eigenvalue weighted by Crippen LogP contribution is -2.59. The highest BCUT2D eigenvalue weighted by Crippen LogP contribution is 2.50. The lowest BCUT2D eigenvalue weighted by atomic mass is 9.66. The summed E-state index contributed by atoms with van der Waals surface area (Å²) < 4.78 is 37.1. The molecule has 1 aliphatic heterocycles. The van der Waals surface area contributed by atoms with E-state index in [-0.39, 0.29) is 19.4 Å². The zero-order chi connectivity index (χ0) is 12.8. The van der Waals surface area contributed by atoms with E-state index in [4.69, 9.17) is 5.11 Å². The fourth-order valence-electron chi connectivity index (χ4n) is 2.86. The van der Waals surface area contributed by atoms with Gasteiger partial charge in [0.15, 0.2) is 0 Å². The summed E-state index contributed by atoms with van der Waals surface area (Å²) in [6, 6.07) is 0. The van der Waals surface area contributed by atoms with Gasteiger partial charge in [-0.2, -0.15) is 13.2 Å². The molecule has 0 bridgehead atoms. The molecule has 17 heavy (non-hydrogen) atoms. The Morgan fingerprint density at radius 3 is 2.35 bits per heavy atom. The fraction of sp³-hybridized carbons (Fsp3) is 0.800. The molecule has 96 valence electrons. The number of likely N-dealkylation sites (tertiary alicyclic amines) is 1. The molecular formula is C10H12F3NO3. The number of carbonyl (C=O) groups excluding carboxylic acids is 1. The molecule has 1 amide bonds. The van der Waals surface area contributed by atoms with Crippen molar-refractivity contribution in [3.8, 4) is 0 Å². The van der Waals surface area contributed by atoms with Crippen LogP contribution in [0.3, 0.4) is 0 Å². The van der Waals surface area contributed by atoms with Crippen LogP contribution in [0.25, 0.3) is 0 Å². The Morgan fingerprint density at radius 2 is 1.88 bits per heavy atom. The lowest BCUT2D eigenvalue weighted by molar-refractivity contribution is -0.195. The Bertz CT molecular complexity index is 360. The normalized spacial score (nSPS) is 32.6. The summed E-state index contributed by atoms with van der Waals surface area (Å²) in [4.78, 5) is 22.7. The van der Waals surface area contributed by atoms with Gasteiger partial charge in [-0.15, -0.1) is 0 Å². The van der Waals surface area contributed by atoms with Gasteiger partial charge >= 0.3 is 18.1 Å². The number of hydrogen-bond donors (Lipinski definition) is 1. The minimum atomic E-state index is -4.87. The summed E-state index contributed by atoms with van der Waals surface area (Å²) in [6.07, 6.45) is -3.60. The van der Waals surface area contributed by atoms with Gasteiger partial charge in [-0.1, -0.05) is 0 Å². The van der Waals surface area contributed by atoms with Crippen LogP contribution in [-0.4, -0.2) is 40.1 Å². The highest BCUT2D eigenvalue weighted by molar-refractivity contribution is 5.83. The fourth-order valence-corrected chi connectivity index (χ4v) is 2.86. The first kappa shape index (κ1) is 12.2. The molecule has 2 fully saturated rings. The summed E-state index contributed by atoms with van der Waals surface area (Å²) in [6.45, 7) is 0.0741. The second-order valence-electron chi connectivity index (χ2n) is 4.73. The largest absolute Gasteiger partial charge is 0.481 e. The maximum atomic E-state index is 12.4. The van der Waals surface area contributed by atoms with Crippen LogP contribution in [0, 0.1) is 5.92 Å². The number of alkyl halides is 3. The highest BCUT2D eigenvalue weighted by Gasteiger charge is 2.58. The predicted molar refractivity (Wildman–Crippen MR) is 50.1 cm³/mol. The molecule has 2 rings (SSSR count). The van der Waals surface area contributed by atoms with Crippen molar-refractivity contribution >= 4 is 11.9 Å². The van der Waals surface area contributed by atoms with Crippen molar-refractivity contribution < 1.29 is 27.9 Å². The van der Waals surface area contributed by atoms with Gasteiger partial charge in [-0.3, -0.25) is 9.59 Å². The van der Waals surface area contributed by atoms with E-state index in [1.165, 1.54) is 0 Å². The van der Waals surface area contributed by atoms with Crippen LogP contribution >= 0.6 is 0 Å². The molecule has 1 saturated carbocycles. The van der Waals surface area contributed by atoms with Gasteiger partial charge in [-0.25, -0.2) is 0 Å². The number of carbonyl (C=O) groups is 2. The van der Waals surface area contributed by atoms with Gasteiger partial charge in [0.2, 0.25) is 0 Å². The summed E-state index contributed by atoms with van der Waals surface area (Å²) >= 11 is 0. The average Bonchev–Trinajstić information content (AvgIpc) is 2.55. The molecule has 0 radical (unpaired) electrons. The van der Waals surface area contributed by atoms with E-state index in [9.17, 15) is 22.8 Å². The van der Waals surface area contributed by atoms with Crippen LogP contribution < -0.4 is 0 Å². The van der Waals surface area contributed by atoms with Gasteiger partial charge in [0, 0.05) is 12.1 Å². The summed E-state index contributed by atoms with van der Waals surface area (Å²) in [5.74, 6) is -3.45. The lowest BCUT2D eigenvalue weighted by Gasteiger charge is -2.49. The first-order chi connectivity index (χ1) is 7.76. The number of amides is 1. The minimum Gasteiger partial charge on any atom is -0.481 e. The minimum absolute atomic E-state index is 0.0741. The zero-order valence-corrected chi connectivity index (χ0v) is 8.96. The average molecular weight is 251 g/mol. The van der Waals surface area contributed by atoms with Crippen molar-refractivity contribution in [2.45, 2.75) is 37.4 Å².